The number of rotatable bonds is 4. The van der Waals surface area contributed by atoms with E-state index in [-0.39, 0.29) is 6.04 Å². The van der Waals surface area contributed by atoms with Gasteiger partial charge in [0.1, 0.15) is 11.3 Å². The van der Waals surface area contributed by atoms with E-state index in [1.807, 2.05) is 19.1 Å². The quantitative estimate of drug-likeness (QED) is 0.734. The monoisotopic (exact) mass is 379 g/mol. The summed E-state index contributed by atoms with van der Waals surface area (Å²) in [6.07, 6.45) is 2.22. The van der Waals surface area contributed by atoms with Crippen molar-refractivity contribution < 1.29 is 0 Å². The van der Waals surface area contributed by atoms with Crippen molar-refractivity contribution in [2.24, 2.45) is 0 Å². The Bertz CT molecular complexity index is 800. The van der Waals surface area contributed by atoms with Crippen LogP contribution in [0.4, 0.5) is 5.82 Å². The summed E-state index contributed by atoms with van der Waals surface area (Å²) in [4.78, 5) is 8.57. The first-order chi connectivity index (χ1) is 10.6. The van der Waals surface area contributed by atoms with Crippen molar-refractivity contribution in [1.82, 2.24) is 19.6 Å². The third kappa shape index (κ3) is 2.80. The first-order valence-electron chi connectivity index (χ1n) is 7.00. The summed E-state index contributed by atoms with van der Waals surface area (Å²) in [7, 11) is 0. The van der Waals surface area contributed by atoms with Crippen molar-refractivity contribution in [3.05, 3.63) is 51.3 Å². The number of aromatic nitrogens is 4. The number of hydrogen-bond acceptors (Lipinski definition) is 4. The maximum Gasteiger partial charge on any atom is 0.254 e. The van der Waals surface area contributed by atoms with Gasteiger partial charge in [0, 0.05) is 10.5 Å². The van der Waals surface area contributed by atoms with E-state index in [0.29, 0.717) is 10.8 Å². The Kier molecular flexibility index (Phi) is 4.31. The minimum absolute atomic E-state index is 0.0742. The van der Waals surface area contributed by atoms with Gasteiger partial charge in [-0.25, -0.2) is 4.98 Å². The molecule has 0 aliphatic rings. The zero-order chi connectivity index (χ0) is 15.7. The van der Waals surface area contributed by atoms with E-state index in [9.17, 15) is 0 Å². The molecule has 0 unspecified atom stereocenters. The molecule has 3 rings (SSSR count). The van der Waals surface area contributed by atoms with Crippen LogP contribution in [0.15, 0.2) is 35.1 Å². The van der Waals surface area contributed by atoms with Gasteiger partial charge in [0.05, 0.1) is 5.69 Å². The Morgan fingerprint density at radius 2 is 2.05 bits per heavy atom. The summed E-state index contributed by atoms with van der Waals surface area (Å²) in [6.45, 7) is 4.09. The van der Waals surface area contributed by atoms with Crippen LogP contribution in [0.5, 0.6) is 0 Å². The molecule has 2 aromatic heterocycles. The van der Waals surface area contributed by atoms with Crippen molar-refractivity contribution in [2.45, 2.75) is 26.3 Å². The fraction of sp³-hybridized carbons (Fsp3) is 0.267. The number of benzene rings is 1. The highest BCUT2D eigenvalue weighted by Crippen LogP contribution is 2.29. The van der Waals surface area contributed by atoms with Gasteiger partial charge in [-0.3, -0.25) is 0 Å². The lowest BCUT2D eigenvalue weighted by molar-refractivity contribution is 0.833. The Labute approximate surface area is 141 Å². The molecule has 0 amide bonds. The summed E-state index contributed by atoms with van der Waals surface area (Å²) >= 11 is 9.93. The highest BCUT2D eigenvalue weighted by Gasteiger charge is 2.16. The highest BCUT2D eigenvalue weighted by molar-refractivity contribution is 9.10. The van der Waals surface area contributed by atoms with Gasteiger partial charge < -0.3 is 5.32 Å². The molecule has 0 aliphatic carbocycles. The molecule has 1 atom stereocenters. The largest absolute Gasteiger partial charge is 0.362 e. The maximum absolute atomic E-state index is 6.48. The number of halogens is 2. The average Bonchev–Trinajstić information content (AvgIpc) is 2.98. The number of anilines is 1. The number of fused-ring (bicyclic) bond motifs is 1. The van der Waals surface area contributed by atoms with E-state index in [2.05, 4.69) is 55.4 Å². The van der Waals surface area contributed by atoms with Crippen LogP contribution in [-0.2, 0) is 6.42 Å². The topological polar surface area (TPSA) is 55.1 Å². The van der Waals surface area contributed by atoms with E-state index in [1.54, 1.807) is 4.52 Å². The number of nitrogens with one attached hydrogen (secondary N) is 1. The predicted octanol–water partition coefficient (Wildman–Crippen LogP) is 4.28. The van der Waals surface area contributed by atoms with Gasteiger partial charge in [-0.05, 0) is 31.0 Å². The molecule has 1 aromatic carbocycles. The molecule has 0 aliphatic heterocycles. The normalized spacial score (nSPS) is 12.5. The molecule has 2 heterocycles. The molecule has 0 saturated carbocycles. The SMILES string of the molecule is CCc1nc2ncnn2c(N[C@@H](C)c2ccc(Br)cc2)c1Cl. The molecule has 0 spiro atoms. The molecule has 0 saturated heterocycles. The van der Waals surface area contributed by atoms with Gasteiger partial charge in [0.2, 0.25) is 0 Å². The standard InChI is InChI=1S/C15H15BrClN5/c1-3-12-13(17)14(22-15(21-12)18-8-19-22)20-9(2)10-4-6-11(16)7-5-10/h4-9,20H,3H2,1-2H3/t9-/m0/s1. The van der Waals surface area contributed by atoms with Crippen LogP contribution >= 0.6 is 27.5 Å². The van der Waals surface area contributed by atoms with Crippen LogP contribution in [0.2, 0.25) is 5.02 Å². The second kappa shape index (κ2) is 6.22. The Balaban J connectivity index is 2.00. The third-order valence-electron chi connectivity index (χ3n) is 3.50. The van der Waals surface area contributed by atoms with Crippen LogP contribution in [-0.4, -0.2) is 19.6 Å². The minimum Gasteiger partial charge on any atom is -0.362 e. The van der Waals surface area contributed by atoms with Crippen LogP contribution in [0, 0.1) is 0 Å². The summed E-state index contributed by atoms with van der Waals surface area (Å²) in [5.41, 5.74) is 1.97. The van der Waals surface area contributed by atoms with Crippen molar-refractivity contribution in [3.8, 4) is 0 Å². The van der Waals surface area contributed by atoms with E-state index < -0.39 is 0 Å². The highest BCUT2D eigenvalue weighted by atomic mass is 79.9. The summed E-state index contributed by atoms with van der Waals surface area (Å²) < 4.78 is 2.69. The lowest BCUT2D eigenvalue weighted by atomic mass is 10.1. The van der Waals surface area contributed by atoms with Crippen molar-refractivity contribution >= 4 is 39.1 Å². The molecule has 7 heteroatoms. The zero-order valence-electron chi connectivity index (χ0n) is 12.2. The molecule has 3 aromatic rings. The molecule has 0 bridgehead atoms. The van der Waals surface area contributed by atoms with Gasteiger partial charge in [-0.2, -0.15) is 14.6 Å². The Morgan fingerprint density at radius 1 is 1.32 bits per heavy atom. The summed E-state index contributed by atoms with van der Waals surface area (Å²) in [5, 5.41) is 8.21. The molecule has 1 N–H and O–H groups in total. The minimum atomic E-state index is 0.0742. The first kappa shape index (κ1) is 15.2. The third-order valence-corrected chi connectivity index (χ3v) is 4.42. The van der Waals surface area contributed by atoms with Gasteiger partial charge >= 0.3 is 0 Å². The second-order valence-electron chi connectivity index (χ2n) is 4.96. The van der Waals surface area contributed by atoms with Gasteiger partial charge in [0.25, 0.3) is 5.78 Å². The summed E-state index contributed by atoms with van der Waals surface area (Å²) in [6, 6.07) is 8.24. The fourth-order valence-corrected chi connectivity index (χ4v) is 2.84. The predicted molar refractivity (Wildman–Crippen MR) is 91.3 cm³/mol. The second-order valence-corrected chi connectivity index (χ2v) is 6.26. The smallest absolute Gasteiger partial charge is 0.254 e. The van der Waals surface area contributed by atoms with Gasteiger partial charge in [-0.1, -0.05) is 46.6 Å². The first-order valence-corrected chi connectivity index (χ1v) is 8.17. The zero-order valence-corrected chi connectivity index (χ0v) is 14.6. The molecular weight excluding hydrogens is 366 g/mol. The van der Waals surface area contributed by atoms with Gasteiger partial charge in [-0.15, -0.1) is 0 Å². The number of aryl methyl sites for hydroxylation is 1. The van der Waals surface area contributed by atoms with Crippen LogP contribution < -0.4 is 5.32 Å². The molecule has 0 radical (unpaired) electrons. The van der Waals surface area contributed by atoms with Gasteiger partial charge in [0.15, 0.2) is 5.82 Å². The van der Waals surface area contributed by atoms with Crippen LogP contribution in [0.1, 0.15) is 31.1 Å². The van der Waals surface area contributed by atoms with Crippen LogP contribution in [0.25, 0.3) is 5.78 Å². The summed E-state index contributed by atoms with van der Waals surface area (Å²) in [5.74, 6) is 1.27. The number of hydrogen-bond donors (Lipinski definition) is 1. The molecule has 0 fully saturated rings. The van der Waals surface area contributed by atoms with E-state index in [4.69, 9.17) is 11.6 Å². The van der Waals surface area contributed by atoms with E-state index >= 15 is 0 Å². The average molecular weight is 381 g/mol. The maximum atomic E-state index is 6.48. The molecule has 114 valence electrons. The lowest BCUT2D eigenvalue weighted by Gasteiger charge is -2.18. The Morgan fingerprint density at radius 3 is 2.73 bits per heavy atom. The molecular formula is C15H15BrClN5. The van der Waals surface area contributed by atoms with Crippen LogP contribution in [0.3, 0.4) is 0 Å². The fourth-order valence-electron chi connectivity index (χ4n) is 2.27. The van der Waals surface area contributed by atoms with E-state index in [0.717, 1.165) is 28.0 Å². The number of nitrogens with zero attached hydrogens (tertiary/aromatic N) is 4. The molecule has 22 heavy (non-hydrogen) atoms. The molecule has 5 nitrogen and oxygen atoms in total. The van der Waals surface area contributed by atoms with E-state index in [1.165, 1.54) is 6.33 Å². The van der Waals surface area contributed by atoms with Crippen molar-refractivity contribution in [2.75, 3.05) is 5.32 Å². The lowest BCUT2D eigenvalue weighted by Crippen LogP contribution is -2.13. The van der Waals surface area contributed by atoms with Crippen molar-refractivity contribution in [3.63, 3.8) is 0 Å². The Hall–Kier alpha value is -1.66. The van der Waals surface area contributed by atoms with Crippen molar-refractivity contribution in [1.29, 1.82) is 0 Å².